The third-order valence-electron chi connectivity index (χ3n) is 3.19. The van der Waals surface area contributed by atoms with Crippen LogP contribution in [0.25, 0.3) is 0 Å². The molecule has 0 aliphatic heterocycles. The van der Waals surface area contributed by atoms with E-state index in [0.717, 1.165) is 25.7 Å². The van der Waals surface area contributed by atoms with Gasteiger partial charge < -0.3 is 5.32 Å². The number of carbonyl (C=O) groups is 1. The molecule has 1 fully saturated rings. The lowest BCUT2D eigenvalue weighted by molar-refractivity contribution is 0.0925. The number of nitriles is 1. The van der Waals surface area contributed by atoms with Crippen molar-refractivity contribution in [1.82, 2.24) is 10.3 Å². The highest BCUT2D eigenvalue weighted by Gasteiger charge is 2.22. The van der Waals surface area contributed by atoms with Crippen LogP contribution >= 0.6 is 0 Å². The van der Waals surface area contributed by atoms with E-state index >= 15 is 0 Å². The van der Waals surface area contributed by atoms with Crippen molar-refractivity contribution < 1.29 is 4.79 Å². The van der Waals surface area contributed by atoms with Crippen molar-refractivity contribution in [2.75, 3.05) is 0 Å². The van der Waals surface area contributed by atoms with Crippen molar-refractivity contribution >= 4 is 5.91 Å². The fourth-order valence-electron chi connectivity index (χ4n) is 2.14. The van der Waals surface area contributed by atoms with Crippen LogP contribution in [-0.2, 0) is 0 Å². The molecule has 0 atom stereocenters. The lowest BCUT2D eigenvalue weighted by Crippen LogP contribution is -2.37. The fourth-order valence-corrected chi connectivity index (χ4v) is 2.14. The molecule has 1 amide bonds. The number of nitrogens with one attached hydrogen (secondary N) is 1. The van der Waals surface area contributed by atoms with Crippen LogP contribution in [0.2, 0.25) is 0 Å². The molecule has 1 aromatic heterocycles. The van der Waals surface area contributed by atoms with Crippen molar-refractivity contribution in [2.24, 2.45) is 5.92 Å². The zero-order valence-corrected chi connectivity index (χ0v) is 9.60. The first kappa shape index (κ1) is 11.6. The van der Waals surface area contributed by atoms with Crippen LogP contribution in [0, 0.1) is 17.2 Å². The van der Waals surface area contributed by atoms with Crippen molar-refractivity contribution in [2.45, 2.75) is 31.7 Å². The first-order chi connectivity index (χ1) is 8.29. The molecule has 0 aromatic carbocycles. The van der Waals surface area contributed by atoms with Crippen LogP contribution in [0.4, 0.5) is 0 Å². The van der Waals surface area contributed by atoms with E-state index in [0.29, 0.717) is 5.56 Å². The van der Waals surface area contributed by atoms with Gasteiger partial charge >= 0.3 is 0 Å². The van der Waals surface area contributed by atoms with E-state index in [-0.39, 0.29) is 17.9 Å². The minimum absolute atomic E-state index is 0.0483. The maximum Gasteiger partial charge on any atom is 0.251 e. The van der Waals surface area contributed by atoms with Gasteiger partial charge in [0, 0.05) is 29.9 Å². The Morgan fingerprint density at radius 1 is 1.29 bits per heavy atom. The Morgan fingerprint density at radius 3 is 2.53 bits per heavy atom. The standard InChI is InChI=1S/C13H15N3O/c14-9-10-1-3-12(4-2-10)16-13(17)11-5-7-15-8-6-11/h5-8,10,12H,1-4H2,(H,16,17). The minimum atomic E-state index is -0.0483. The molecule has 0 saturated heterocycles. The first-order valence-corrected chi connectivity index (χ1v) is 5.90. The average molecular weight is 229 g/mol. The second-order valence-electron chi connectivity index (χ2n) is 4.39. The van der Waals surface area contributed by atoms with Crippen molar-refractivity contribution in [1.29, 1.82) is 5.26 Å². The number of hydrogen-bond donors (Lipinski definition) is 1. The van der Waals surface area contributed by atoms with E-state index in [9.17, 15) is 4.79 Å². The van der Waals surface area contributed by atoms with Crippen molar-refractivity contribution in [3.8, 4) is 6.07 Å². The SMILES string of the molecule is N#CC1CCC(NC(=O)c2ccncc2)CC1. The number of carbonyl (C=O) groups excluding carboxylic acids is 1. The molecule has 88 valence electrons. The molecule has 1 saturated carbocycles. The number of pyridine rings is 1. The zero-order valence-electron chi connectivity index (χ0n) is 9.60. The molecule has 0 spiro atoms. The van der Waals surface area contributed by atoms with Crippen molar-refractivity contribution in [3.05, 3.63) is 30.1 Å². The summed E-state index contributed by atoms with van der Waals surface area (Å²) in [5, 5.41) is 11.8. The quantitative estimate of drug-likeness (QED) is 0.842. The van der Waals surface area contributed by atoms with Gasteiger partial charge in [-0.15, -0.1) is 0 Å². The first-order valence-electron chi connectivity index (χ1n) is 5.90. The molecule has 4 nitrogen and oxygen atoms in total. The molecular formula is C13H15N3O. The number of aromatic nitrogens is 1. The predicted octanol–water partition coefficient (Wildman–Crippen LogP) is 1.89. The minimum Gasteiger partial charge on any atom is -0.349 e. The number of hydrogen-bond acceptors (Lipinski definition) is 3. The Hall–Kier alpha value is -1.89. The summed E-state index contributed by atoms with van der Waals surface area (Å²) in [5.41, 5.74) is 0.641. The molecular weight excluding hydrogens is 214 g/mol. The van der Waals surface area contributed by atoms with E-state index in [4.69, 9.17) is 5.26 Å². The molecule has 1 N–H and O–H groups in total. The maximum atomic E-state index is 11.9. The van der Waals surface area contributed by atoms with E-state index in [1.807, 2.05) is 0 Å². The third kappa shape index (κ3) is 3.04. The van der Waals surface area contributed by atoms with E-state index in [1.165, 1.54) is 0 Å². The Bertz CT molecular complexity index is 416. The monoisotopic (exact) mass is 229 g/mol. The van der Waals surface area contributed by atoms with Crippen LogP contribution in [0.1, 0.15) is 36.0 Å². The predicted molar refractivity (Wildman–Crippen MR) is 63.1 cm³/mol. The Morgan fingerprint density at radius 2 is 1.94 bits per heavy atom. The van der Waals surface area contributed by atoms with Gasteiger partial charge in [0.1, 0.15) is 0 Å². The molecule has 17 heavy (non-hydrogen) atoms. The van der Waals surface area contributed by atoms with Crippen LogP contribution in [0.15, 0.2) is 24.5 Å². The maximum absolute atomic E-state index is 11.9. The molecule has 1 aromatic rings. The van der Waals surface area contributed by atoms with Crippen LogP contribution in [0.3, 0.4) is 0 Å². The lowest BCUT2D eigenvalue weighted by Gasteiger charge is -2.25. The molecule has 0 radical (unpaired) electrons. The van der Waals surface area contributed by atoms with Crippen molar-refractivity contribution in [3.63, 3.8) is 0 Å². The molecule has 1 heterocycles. The Kier molecular flexibility index (Phi) is 3.71. The number of rotatable bonds is 2. The van der Waals surface area contributed by atoms with Crippen LogP contribution < -0.4 is 5.32 Å². The largest absolute Gasteiger partial charge is 0.349 e. The second kappa shape index (κ2) is 5.44. The van der Waals surface area contributed by atoms with Gasteiger partial charge in [0.25, 0.3) is 5.91 Å². The molecule has 0 unspecified atom stereocenters. The summed E-state index contributed by atoms with van der Waals surface area (Å²) in [5.74, 6) is 0.122. The van der Waals surface area contributed by atoms with Crippen LogP contribution in [-0.4, -0.2) is 16.9 Å². The van der Waals surface area contributed by atoms with Crippen LogP contribution in [0.5, 0.6) is 0 Å². The third-order valence-corrected chi connectivity index (χ3v) is 3.19. The van der Waals surface area contributed by atoms with E-state index in [1.54, 1.807) is 24.5 Å². The molecule has 4 heteroatoms. The molecule has 1 aliphatic rings. The summed E-state index contributed by atoms with van der Waals surface area (Å²) in [4.78, 5) is 15.7. The number of amides is 1. The highest BCUT2D eigenvalue weighted by molar-refractivity contribution is 5.94. The zero-order chi connectivity index (χ0) is 12.1. The van der Waals surface area contributed by atoms with E-state index < -0.39 is 0 Å². The summed E-state index contributed by atoms with van der Waals surface area (Å²) in [7, 11) is 0. The summed E-state index contributed by atoms with van der Waals surface area (Å²) in [6.07, 6.45) is 6.79. The molecule has 2 rings (SSSR count). The van der Waals surface area contributed by atoms with Gasteiger partial charge in [-0.25, -0.2) is 0 Å². The Labute approximate surface area is 101 Å². The average Bonchev–Trinajstić information content (AvgIpc) is 2.40. The fraction of sp³-hybridized carbons (Fsp3) is 0.462. The molecule has 1 aliphatic carbocycles. The summed E-state index contributed by atoms with van der Waals surface area (Å²) < 4.78 is 0. The van der Waals surface area contributed by atoms with Gasteiger partial charge in [-0.1, -0.05) is 0 Å². The smallest absolute Gasteiger partial charge is 0.251 e. The topological polar surface area (TPSA) is 65.8 Å². The lowest BCUT2D eigenvalue weighted by atomic mass is 9.87. The Balaban J connectivity index is 1.87. The molecule has 0 bridgehead atoms. The second-order valence-corrected chi connectivity index (χ2v) is 4.39. The van der Waals surface area contributed by atoms with Gasteiger partial charge in [0.15, 0.2) is 0 Å². The van der Waals surface area contributed by atoms with Gasteiger partial charge in [-0.05, 0) is 37.8 Å². The van der Waals surface area contributed by atoms with Gasteiger partial charge in [-0.2, -0.15) is 5.26 Å². The summed E-state index contributed by atoms with van der Waals surface area (Å²) >= 11 is 0. The van der Waals surface area contributed by atoms with Gasteiger partial charge in [0.05, 0.1) is 6.07 Å². The highest BCUT2D eigenvalue weighted by atomic mass is 16.1. The highest BCUT2D eigenvalue weighted by Crippen LogP contribution is 2.23. The normalized spacial score (nSPS) is 23.7. The summed E-state index contributed by atoms with van der Waals surface area (Å²) in [6.45, 7) is 0. The van der Waals surface area contributed by atoms with Gasteiger partial charge in [-0.3, -0.25) is 9.78 Å². The van der Waals surface area contributed by atoms with E-state index in [2.05, 4.69) is 16.4 Å². The number of nitrogens with zero attached hydrogens (tertiary/aromatic N) is 2. The van der Waals surface area contributed by atoms with Gasteiger partial charge in [0.2, 0.25) is 0 Å². The summed E-state index contributed by atoms with van der Waals surface area (Å²) in [6, 6.07) is 5.91.